The first-order chi connectivity index (χ1) is 7.05. The Kier molecular flexibility index (Phi) is 3.69. The Morgan fingerprint density at radius 1 is 1.47 bits per heavy atom. The number of nitrogens with zero attached hydrogens (tertiary/aromatic N) is 1. The number of aromatic nitrogens is 1. The number of hydrogen-bond donors (Lipinski definition) is 1. The molecule has 0 fully saturated rings. The van der Waals surface area contributed by atoms with Crippen molar-refractivity contribution in [1.29, 1.82) is 0 Å². The molecule has 15 heavy (non-hydrogen) atoms. The lowest BCUT2D eigenvalue weighted by Crippen LogP contribution is -2.09. The summed E-state index contributed by atoms with van der Waals surface area (Å²) >= 11 is 0. The maximum absolute atomic E-state index is 12.4. The van der Waals surface area contributed by atoms with Crippen molar-refractivity contribution in [2.45, 2.75) is 6.18 Å². The molecular formula is C10H9F3N2. The minimum absolute atomic E-state index is 0.236. The van der Waals surface area contributed by atoms with Crippen LogP contribution in [0.1, 0.15) is 11.3 Å². The van der Waals surface area contributed by atoms with Crippen LogP contribution < -0.4 is 5.32 Å². The fourth-order valence-corrected chi connectivity index (χ4v) is 0.950. The standard InChI is InChI=1S/C10H9F3N2/c1-14-6-3-5-9-8(10(11,12)13)4-2-7-15-9/h2,4,7,14H,6H2,1H3. The summed E-state index contributed by atoms with van der Waals surface area (Å²) < 4.78 is 37.3. The maximum Gasteiger partial charge on any atom is 0.419 e. The molecule has 0 saturated heterocycles. The van der Waals surface area contributed by atoms with E-state index in [1.54, 1.807) is 7.05 Å². The predicted octanol–water partition coefficient (Wildman–Crippen LogP) is 1.67. The highest BCUT2D eigenvalue weighted by molar-refractivity contribution is 5.37. The Bertz CT molecular complexity index is 388. The molecule has 5 heteroatoms. The van der Waals surface area contributed by atoms with Gasteiger partial charge in [-0.05, 0) is 25.1 Å². The summed E-state index contributed by atoms with van der Waals surface area (Å²) in [6, 6.07) is 2.21. The second-order valence-corrected chi connectivity index (χ2v) is 2.73. The fourth-order valence-electron chi connectivity index (χ4n) is 0.950. The third kappa shape index (κ3) is 3.26. The third-order valence-electron chi connectivity index (χ3n) is 1.59. The zero-order valence-electron chi connectivity index (χ0n) is 8.02. The topological polar surface area (TPSA) is 24.9 Å². The number of halogens is 3. The first-order valence-electron chi connectivity index (χ1n) is 4.21. The predicted molar refractivity (Wildman–Crippen MR) is 50.0 cm³/mol. The number of pyridine rings is 1. The van der Waals surface area contributed by atoms with E-state index in [-0.39, 0.29) is 5.69 Å². The lowest BCUT2D eigenvalue weighted by Gasteiger charge is -2.07. The molecule has 0 radical (unpaired) electrons. The fraction of sp³-hybridized carbons (Fsp3) is 0.300. The first kappa shape index (κ1) is 11.5. The summed E-state index contributed by atoms with van der Waals surface area (Å²) in [6.45, 7) is 0.327. The number of hydrogen-bond acceptors (Lipinski definition) is 2. The Labute approximate surface area is 85.5 Å². The number of rotatable bonds is 1. The molecule has 1 rings (SSSR count). The SMILES string of the molecule is CNCC#Cc1ncccc1C(F)(F)F. The molecule has 0 aliphatic rings. The average molecular weight is 214 g/mol. The molecule has 80 valence electrons. The summed E-state index contributed by atoms with van der Waals surface area (Å²) in [5.41, 5.74) is -1.03. The van der Waals surface area contributed by atoms with E-state index in [2.05, 4.69) is 22.1 Å². The molecule has 1 aromatic heterocycles. The zero-order chi connectivity index (χ0) is 11.3. The van der Waals surface area contributed by atoms with E-state index in [4.69, 9.17) is 0 Å². The molecule has 0 aromatic carbocycles. The van der Waals surface area contributed by atoms with Gasteiger partial charge in [-0.25, -0.2) is 4.98 Å². The smallest absolute Gasteiger partial charge is 0.309 e. The van der Waals surface area contributed by atoms with Crippen LogP contribution in [0.25, 0.3) is 0 Å². The van der Waals surface area contributed by atoms with Crippen LogP contribution in [-0.4, -0.2) is 18.6 Å². The zero-order valence-corrected chi connectivity index (χ0v) is 8.02. The van der Waals surface area contributed by atoms with E-state index >= 15 is 0 Å². The van der Waals surface area contributed by atoms with Crippen molar-refractivity contribution >= 4 is 0 Å². The first-order valence-corrected chi connectivity index (χ1v) is 4.21. The minimum atomic E-state index is -4.40. The van der Waals surface area contributed by atoms with Gasteiger partial charge < -0.3 is 5.32 Å². The van der Waals surface area contributed by atoms with Gasteiger partial charge in [0.2, 0.25) is 0 Å². The van der Waals surface area contributed by atoms with Gasteiger partial charge in [0.15, 0.2) is 0 Å². The Morgan fingerprint density at radius 3 is 2.80 bits per heavy atom. The molecule has 0 saturated carbocycles. The van der Waals surface area contributed by atoms with Gasteiger partial charge in [0.05, 0.1) is 12.1 Å². The molecule has 1 N–H and O–H groups in total. The Hall–Kier alpha value is -1.54. The molecule has 0 aliphatic heterocycles. The van der Waals surface area contributed by atoms with Crippen LogP contribution >= 0.6 is 0 Å². The van der Waals surface area contributed by atoms with Gasteiger partial charge in [0.25, 0.3) is 0 Å². The van der Waals surface area contributed by atoms with Crippen molar-refractivity contribution in [3.8, 4) is 11.8 Å². The molecule has 0 spiro atoms. The molecule has 1 aromatic rings. The lowest BCUT2D eigenvalue weighted by molar-refractivity contribution is -0.138. The van der Waals surface area contributed by atoms with Crippen LogP contribution in [0, 0.1) is 11.8 Å². The normalized spacial score (nSPS) is 10.7. The van der Waals surface area contributed by atoms with E-state index in [1.807, 2.05) is 0 Å². The highest BCUT2D eigenvalue weighted by Gasteiger charge is 2.33. The Morgan fingerprint density at radius 2 is 2.20 bits per heavy atom. The third-order valence-corrected chi connectivity index (χ3v) is 1.59. The van der Waals surface area contributed by atoms with E-state index in [1.165, 1.54) is 12.3 Å². The van der Waals surface area contributed by atoms with Crippen molar-refractivity contribution in [2.75, 3.05) is 13.6 Å². The maximum atomic E-state index is 12.4. The molecule has 0 bridgehead atoms. The summed E-state index contributed by atoms with van der Waals surface area (Å²) in [7, 11) is 1.66. The van der Waals surface area contributed by atoms with Crippen molar-refractivity contribution in [2.24, 2.45) is 0 Å². The van der Waals surface area contributed by atoms with Gasteiger partial charge in [-0.2, -0.15) is 13.2 Å². The van der Waals surface area contributed by atoms with Crippen LogP contribution in [0.5, 0.6) is 0 Å². The van der Waals surface area contributed by atoms with Crippen LogP contribution in [0.2, 0.25) is 0 Å². The molecule has 0 atom stereocenters. The molecule has 0 amide bonds. The molecular weight excluding hydrogens is 205 g/mol. The summed E-state index contributed by atoms with van der Waals surface area (Å²) in [6.07, 6.45) is -3.11. The van der Waals surface area contributed by atoms with Gasteiger partial charge in [-0.15, -0.1) is 0 Å². The summed E-state index contributed by atoms with van der Waals surface area (Å²) in [5, 5.41) is 2.71. The molecule has 0 aliphatic carbocycles. The quantitative estimate of drug-likeness (QED) is 0.719. The average Bonchev–Trinajstić information content (AvgIpc) is 2.17. The lowest BCUT2D eigenvalue weighted by atomic mass is 10.2. The number of nitrogens with one attached hydrogen (secondary N) is 1. The van der Waals surface area contributed by atoms with Gasteiger partial charge >= 0.3 is 6.18 Å². The highest BCUT2D eigenvalue weighted by Crippen LogP contribution is 2.30. The van der Waals surface area contributed by atoms with Crippen molar-refractivity contribution in [3.63, 3.8) is 0 Å². The monoisotopic (exact) mass is 214 g/mol. The molecule has 1 heterocycles. The van der Waals surface area contributed by atoms with Crippen LogP contribution in [0.15, 0.2) is 18.3 Å². The minimum Gasteiger partial charge on any atom is -0.309 e. The molecule has 2 nitrogen and oxygen atoms in total. The van der Waals surface area contributed by atoms with Gasteiger partial charge in [0.1, 0.15) is 5.69 Å². The largest absolute Gasteiger partial charge is 0.419 e. The van der Waals surface area contributed by atoms with Gasteiger partial charge in [-0.1, -0.05) is 5.92 Å². The highest BCUT2D eigenvalue weighted by atomic mass is 19.4. The molecule has 0 unspecified atom stereocenters. The number of alkyl halides is 3. The van der Waals surface area contributed by atoms with Crippen LogP contribution in [0.3, 0.4) is 0 Å². The second-order valence-electron chi connectivity index (χ2n) is 2.73. The van der Waals surface area contributed by atoms with E-state index < -0.39 is 11.7 Å². The van der Waals surface area contributed by atoms with E-state index in [0.717, 1.165) is 6.07 Å². The van der Waals surface area contributed by atoms with Crippen molar-refractivity contribution in [3.05, 3.63) is 29.6 Å². The Balaban J connectivity index is 3.04. The van der Waals surface area contributed by atoms with Crippen LogP contribution in [0.4, 0.5) is 13.2 Å². The van der Waals surface area contributed by atoms with E-state index in [0.29, 0.717) is 6.54 Å². The van der Waals surface area contributed by atoms with Crippen molar-refractivity contribution < 1.29 is 13.2 Å². The van der Waals surface area contributed by atoms with Crippen molar-refractivity contribution in [1.82, 2.24) is 10.3 Å². The van der Waals surface area contributed by atoms with E-state index in [9.17, 15) is 13.2 Å². The van der Waals surface area contributed by atoms with Gasteiger partial charge in [0, 0.05) is 6.20 Å². The summed E-state index contributed by atoms with van der Waals surface area (Å²) in [5.74, 6) is 4.92. The van der Waals surface area contributed by atoms with Crippen LogP contribution in [-0.2, 0) is 6.18 Å². The van der Waals surface area contributed by atoms with Gasteiger partial charge in [-0.3, -0.25) is 0 Å². The summed E-state index contributed by atoms with van der Waals surface area (Å²) in [4.78, 5) is 3.60. The second kappa shape index (κ2) is 4.80.